The predicted octanol–water partition coefficient (Wildman–Crippen LogP) is 3.65. The molecular formula is C22H34N4OS. The molecule has 0 radical (unpaired) electrons. The van der Waals surface area contributed by atoms with E-state index in [1.807, 2.05) is 19.1 Å². The van der Waals surface area contributed by atoms with Crippen LogP contribution in [0.1, 0.15) is 44.7 Å². The number of nitrogens with zero attached hydrogens (tertiary/aromatic N) is 2. The fourth-order valence-electron chi connectivity index (χ4n) is 3.22. The maximum absolute atomic E-state index is 12.7. The molecule has 154 valence electrons. The van der Waals surface area contributed by atoms with Gasteiger partial charge in [0.05, 0.1) is 6.54 Å². The fraction of sp³-hybridized carbons (Fsp3) is 0.545. The Morgan fingerprint density at radius 3 is 2.57 bits per heavy atom. The van der Waals surface area contributed by atoms with E-state index < -0.39 is 0 Å². The second-order valence-corrected chi connectivity index (χ2v) is 7.64. The molecule has 28 heavy (non-hydrogen) atoms. The summed E-state index contributed by atoms with van der Waals surface area (Å²) < 4.78 is 0. The van der Waals surface area contributed by atoms with E-state index in [0.29, 0.717) is 6.54 Å². The minimum atomic E-state index is -0.0395. The van der Waals surface area contributed by atoms with Crippen LogP contribution in [0.2, 0.25) is 0 Å². The Hall–Kier alpha value is -1.92. The van der Waals surface area contributed by atoms with E-state index in [-0.39, 0.29) is 5.56 Å². The number of pyridine rings is 1. The molecule has 0 atom stereocenters. The SMILES string of the molecule is CCCCNC(=S)N(CCN(CC)CC)Cc1cc2ccc(C)cc2[nH]c1=O. The lowest BCUT2D eigenvalue weighted by Gasteiger charge is -2.28. The maximum atomic E-state index is 12.7. The van der Waals surface area contributed by atoms with Gasteiger partial charge in [0.1, 0.15) is 0 Å². The largest absolute Gasteiger partial charge is 0.363 e. The minimum Gasteiger partial charge on any atom is -0.363 e. The molecule has 2 rings (SSSR count). The first-order valence-electron chi connectivity index (χ1n) is 10.4. The van der Waals surface area contributed by atoms with Crippen molar-refractivity contribution in [1.29, 1.82) is 0 Å². The van der Waals surface area contributed by atoms with Crippen molar-refractivity contribution in [2.24, 2.45) is 0 Å². The van der Waals surface area contributed by atoms with Crippen molar-refractivity contribution in [2.45, 2.75) is 47.1 Å². The first-order valence-corrected chi connectivity index (χ1v) is 10.8. The average molecular weight is 403 g/mol. The maximum Gasteiger partial charge on any atom is 0.253 e. The summed E-state index contributed by atoms with van der Waals surface area (Å²) in [5.74, 6) is 0. The number of nitrogens with one attached hydrogen (secondary N) is 2. The monoisotopic (exact) mass is 402 g/mol. The Morgan fingerprint density at radius 2 is 1.89 bits per heavy atom. The van der Waals surface area contributed by atoms with Crippen molar-refractivity contribution >= 4 is 28.2 Å². The highest BCUT2D eigenvalue weighted by atomic mass is 32.1. The highest BCUT2D eigenvalue weighted by Crippen LogP contribution is 2.14. The van der Waals surface area contributed by atoms with Crippen LogP contribution in [0.3, 0.4) is 0 Å². The van der Waals surface area contributed by atoms with Crippen LogP contribution in [0, 0.1) is 6.92 Å². The van der Waals surface area contributed by atoms with Crippen LogP contribution in [-0.4, -0.2) is 52.6 Å². The lowest BCUT2D eigenvalue weighted by molar-refractivity contribution is 0.263. The second kappa shape index (κ2) is 11.2. The molecule has 2 N–H and O–H groups in total. The Bertz CT molecular complexity index is 829. The van der Waals surface area contributed by atoms with Crippen molar-refractivity contribution in [3.63, 3.8) is 0 Å². The molecule has 0 unspecified atom stereocenters. The second-order valence-electron chi connectivity index (χ2n) is 7.25. The van der Waals surface area contributed by atoms with Gasteiger partial charge in [-0.25, -0.2) is 0 Å². The number of thiocarbonyl (C=S) groups is 1. The van der Waals surface area contributed by atoms with Gasteiger partial charge in [0.2, 0.25) is 0 Å². The minimum absolute atomic E-state index is 0.0395. The summed E-state index contributed by atoms with van der Waals surface area (Å²) in [5.41, 5.74) is 2.72. The molecule has 0 amide bonds. The average Bonchev–Trinajstić information content (AvgIpc) is 2.68. The van der Waals surface area contributed by atoms with Crippen molar-refractivity contribution in [3.8, 4) is 0 Å². The normalized spacial score (nSPS) is 11.2. The number of likely N-dealkylation sites (N-methyl/N-ethyl adjacent to an activating group) is 1. The predicted molar refractivity (Wildman–Crippen MR) is 123 cm³/mol. The Morgan fingerprint density at radius 1 is 1.14 bits per heavy atom. The van der Waals surface area contributed by atoms with Crippen molar-refractivity contribution in [3.05, 3.63) is 45.7 Å². The van der Waals surface area contributed by atoms with Gasteiger partial charge in [-0.1, -0.05) is 39.3 Å². The highest BCUT2D eigenvalue weighted by molar-refractivity contribution is 7.80. The summed E-state index contributed by atoms with van der Waals surface area (Å²) in [5, 5.41) is 5.13. The number of H-pyrrole nitrogens is 1. The van der Waals surface area contributed by atoms with E-state index in [1.165, 1.54) is 0 Å². The first kappa shape index (κ1) is 22.4. The highest BCUT2D eigenvalue weighted by Gasteiger charge is 2.14. The quantitative estimate of drug-likeness (QED) is 0.469. The number of aromatic nitrogens is 1. The van der Waals surface area contributed by atoms with Crippen LogP contribution in [0.25, 0.3) is 10.9 Å². The van der Waals surface area contributed by atoms with Gasteiger partial charge in [0.25, 0.3) is 5.56 Å². The zero-order valence-electron chi connectivity index (χ0n) is 17.7. The molecule has 1 aromatic heterocycles. The van der Waals surface area contributed by atoms with E-state index in [2.05, 4.69) is 53.0 Å². The molecule has 0 saturated heterocycles. The van der Waals surface area contributed by atoms with Gasteiger partial charge in [-0.3, -0.25) is 4.79 Å². The van der Waals surface area contributed by atoms with E-state index in [1.54, 1.807) is 0 Å². The molecule has 0 aliphatic heterocycles. The summed E-state index contributed by atoms with van der Waals surface area (Å²) >= 11 is 5.65. The molecule has 2 aromatic rings. The number of aromatic amines is 1. The molecule has 0 fully saturated rings. The fourth-order valence-corrected chi connectivity index (χ4v) is 3.48. The van der Waals surface area contributed by atoms with Crippen LogP contribution >= 0.6 is 12.2 Å². The number of fused-ring (bicyclic) bond motifs is 1. The van der Waals surface area contributed by atoms with E-state index in [0.717, 1.165) is 72.7 Å². The Labute approximate surface area is 174 Å². The van der Waals surface area contributed by atoms with Gasteiger partial charge in [0, 0.05) is 30.7 Å². The van der Waals surface area contributed by atoms with Crippen LogP contribution in [0.4, 0.5) is 0 Å². The van der Waals surface area contributed by atoms with Gasteiger partial charge < -0.3 is 20.1 Å². The smallest absolute Gasteiger partial charge is 0.253 e. The standard InChI is InChI=1S/C22H34N4OS/c1-5-8-11-23-22(28)26(13-12-25(6-2)7-3)16-19-15-18-10-9-17(4)14-20(18)24-21(19)27/h9-10,14-15H,5-8,11-13,16H2,1-4H3,(H,23,28)(H,24,27). The van der Waals surface area contributed by atoms with Crippen molar-refractivity contribution in [1.82, 2.24) is 20.1 Å². The Balaban J connectivity index is 2.21. The molecule has 5 nitrogen and oxygen atoms in total. The molecule has 0 saturated carbocycles. The third-order valence-electron chi connectivity index (χ3n) is 5.11. The molecule has 1 aromatic carbocycles. The van der Waals surface area contributed by atoms with Crippen LogP contribution in [-0.2, 0) is 6.54 Å². The van der Waals surface area contributed by atoms with E-state index in [4.69, 9.17) is 12.2 Å². The number of benzene rings is 1. The lowest BCUT2D eigenvalue weighted by atomic mass is 10.1. The number of aryl methyl sites for hydroxylation is 1. The third kappa shape index (κ3) is 6.31. The van der Waals surface area contributed by atoms with Crippen molar-refractivity contribution in [2.75, 3.05) is 32.7 Å². The molecule has 0 aliphatic carbocycles. The topological polar surface area (TPSA) is 51.4 Å². The van der Waals surface area contributed by atoms with Crippen LogP contribution in [0.15, 0.2) is 29.1 Å². The van der Waals surface area contributed by atoms with Gasteiger partial charge in [-0.05, 0) is 61.7 Å². The number of unbranched alkanes of at least 4 members (excludes halogenated alkanes) is 1. The van der Waals surface area contributed by atoms with Crippen molar-refractivity contribution < 1.29 is 0 Å². The van der Waals surface area contributed by atoms with Crippen LogP contribution < -0.4 is 10.9 Å². The van der Waals surface area contributed by atoms with E-state index >= 15 is 0 Å². The molecule has 0 aliphatic rings. The van der Waals surface area contributed by atoms with Gasteiger partial charge in [0.15, 0.2) is 5.11 Å². The molecular weight excluding hydrogens is 368 g/mol. The summed E-state index contributed by atoms with van der Waals surface area (Å²) in [6, 6.07) is 8.13. The molecule has 1 heterocycles. The molecule has 6 heteroatoms. The number of rotatable bonds is 10. The zero-order chi connectivity index (χ0) is 20.5. The molecule has 0 bridgehead atoms. The van der Waals surface area contributed by atoms with Gasteiger partial charge in [-0.2, -0.15) is 0 Å². The summed E-state index contributed by atoms with van der Waals surface area (Å²) in [4.78, 5) is 20.2. The van der Waals surface area contributed by atoms with Gasteiger partial charge in [-0.15, -0.1) is 0 Å². The number of hydrogen-bond donors (Lipinski definition) is 2. The van der Waals surface area contributed by atoms with Gasteiger partial charge >= 0.3 is 0 Å². The number of hydrogen-bond acceptors (Lipinski definition) is 3. The van der Waals surface area contributed by atoms with Crippen LogP contribution in [0.5, 0.6) is 0 Å². The third-order valence-corrected chi connectivity index (χ3v) is 5.52. The summed E-state index contributed by atoms with van der Waals surface area (Å²) in [6.45, 7) is 13.7. The van der Waals surface area contributed by atoms with E-state index in [9.17, 15) is 4.79 Å². The first-order chi connectivity index (χ1) is 13.5. The Kier molecular flexibility index (Phi) is 8.93. The lowest BCUT2D eigenvalue weighted by Crippen LogP contribution is -2.44. The summed E-state index contributed by atoms with van der Waals surface area (Å²) in [6.07, 6.45) is 2.21. The summed E-state index contributed by atoms with van der Waals surface area (Å²) in [7, 11) is 0. The zero-order valence-corrected chi connectivity index (χ0v) is 18.5. The molecule has 0 spiro atoms.